The Hall–Kier alpha value is -0.790. The van der Waals surface area contributed by atoms with Gasteiger partial charge in [0, 0.05) is 6.42 Å². The van der Waals surface area contributed by atoms with Crippen LogP contribution < -0.4 is 0 Å². The second-order valence-corrected chi connectivity index (χ2v) is 12.6. The molecule has 0 aliphatic heterocycles. The number of esters is 1. The Morgan fingerprint density at radius 2 is 0.700 bits per heavy atom. The number of allylic oxidation sites excluding steroid dienone is 2. The van der Waals surface area contributed by atoms with E-state index in [-0.39, 0.29) is 5.97 Å². The molecule has 0 rings (SSSR count). The Morgan fingerprint density at radius 3 is 1.05 bits per heavy atom. The average Bonchev–Trinajstić information content (AvgIpc) is 2.96. The van der Waals surface area contributed by atoms with Gasteiger partial charge in [-0.15, -0.1) is 0 Å². The molecule has 2 heteroatoms. The molecule has 0 unspecified atom stereocenters. The van der Waals surface area contributed by atoms with Gasteiger partial charge in [-0.2, -0.15) is 0 Å². The van der Waals surface area contributed by atoms with Crippen LogP contribution in [0.25, 0.3) is 0 Å². The maximum Gasteiger partial charge on any atom is 0.306 e. The van der Waals surface area contributed by atoms with Gasteiger partial charge in [0.2, 0.25) is 0 Å². The average molecular weight is 563 g/mol. The Labute approximate surface area is 253 Å². The SMILES string of the molecule is CCCCC=CCCC(=O)OCCCCCCCCCCCCCCCCCCCCCCCCCCCCC. The molecule has 0 aromatic heterocycles. The second kappa shape index (κ2) is 36.2. The summed E-state index contributed by atoms with van der Waals surface area (Å²) in [6.07, 6.45) is 47.5. The van der Waals surface area contributed by atoms with E-state index in [1.807, 2.05) is 0 Å². The molecule has 0 bridgehead atoms. The smallest absolute Gasteiger partial charge is 0.306 e. The zero-order valence-electron chi connectivity index (χ0n) is 27.8. The van der Waals surface area contributed by atoms with Crippen molar-refractivity contribution in [1.29, 1.82) is 0 Å². The van der Waals surface area contributed by atoms with Crippen LogP contribution in [0.3, 0.4) is 0 Å². The molecule has 0 saturated carbocycles. The molecule has 0 amide bonds. The van der Waals surface area contributed by atoms with Crippen LogP contribution in [0.1, 0.15) is 219 Å². The van der Waals surface area contributed by atoms with Crippen molar-refractivity contribution in [3.05, 3.63) is 12.2 Å². The number of hydrogen-bond acceptors (Lipinski definition) is 2. The van der Waals surface area contributed by atoms with Crippen LogP contribution >= 0.6 is 0 Å². The molecule has 0 aromatic rings. The van der Waals surface area contributed by atoms with Crippen LogP contribution in [0.4, 0.5) is 0 Å². The zero-order valence-corrected chi connectivity index (χ0v) is 27.8. The molecule has 0 fully saturated rings. The molecular formula is C38H74O2. The Morgan fingerprint density at radius 1 is 0.400 bits per heavy atom. The summed E-state index contributed by atoms with van der Waals surface area (Å²) in [6, 6.07) is 0. The van der Waals surface area contributed by atoms with Crippen molar-refractivity contribution in [2.24, 2.45) is 0 Å². The minimum absolute atomic E-state index is 0.0325. The van der Waals surface area contributed by atoms with E-state index in [1.165, 1.54) is 180 Å². The van der Waals surface area contributed by atoms with Crippen molar-refractivity contribution in [2.75, 3.05) is 6.61 Å². The van der Waals surface area contributed by atoms with Crippen LogP contribution in [0.5, 0.6) is 0 Å². The van der Waals surface area contributed by atoms with E-state index in [4.69, 9.17) is 4.74 Å². The van der Waals surface area contributed by atoms with E-state index in [1.54, 1.807) is 0 Å². The van der Waals surface area contributed by atoms with Gasteiger partial charge >= 0.3 is 5.97 Å². The summed E-state index contributed by atoms with van der Waals surface area (Å²) >= 11 is 0. The fourth-order valence-corrected chi connectivity index (χ4v) is 5.61. The molecule has 0 N–H and O–H groups in total. The van der Waals surface area contributed by atoms with Crippen LogP contribution in [0.2, 0.25) is 0 Å². The summed E-state index contributed by atoms with van der Waals surface area (Å²) in [5, 5.41) is 0. The van der Waals surface area contributed by atoms with Crippen molar-refractivity contribution in [2.45, 2.75) is 219 Å². The van der Waals surface area contributed by atoms with Crippen molar-refractivity contribution >= 4 is 5.97 Å². The lowest BCUT2D eigenvalue weighted by Gasteiger charge is -2.05. The summed E-state index contributed by atoms with van der Waals surface area (Å²) in [5.41, 5.74) is 0. The molecule has 0 saturated heterocycles. The summed E-state index contributed by atoms with van der Waals surface area (Å²) in [4.78, 5) is 11.7. The quantitative estimate of drug-likeness (QED) is 0.0443. The molecule has 0 aliphatic carbocycles. The standard InChI is InChI=1S/C38H74O2/c1-3-5-7-9-11-12-13-14-15-16-17-18-19-20-21-22-23-24-25-26-27-28-29-30-31-33-35-37-40-38(39)36-34-32-10-8-6-4-2/h10,32H,3-9,11-31,33-37H2,1-2H3. The predicted molar refractivity (Wildman–Crippen MR) is 179 cm³/mol. The van der Waals surface area contributed by atoms with E-state index in [9.17, 15) is 4.79 Å². The largest absolute Gasteiger partial charge is 0.466 e. The summed E-state index contributed by atoms with van der Waals surface area (Å²) in [6.45, 7) is 5.11. The highest BCUT2D eigenvalue weighted by Gasteiger charge is 2.01. The molecule has 0 aromatic carbocycles. The topological polar surface area (TPSA) is 26.3 Å². The first-order chi connectivity index (χ1) is 19.8. The van der Waals surface area contributed by atoms with E-state index in [0.29, 0.717) is 13.0 Å². The summed E-state index contributed by atoms with van der Waals surface area (Å²) in [7, 11) is 0. The van der Waals surface area contributed by atoms with Crippen molar-refractivity contribution < 1.29 is 9.53 Å². The van der Waals surface area contributed by atoms with Crippen molar-refractivity contribution in [1.82, 2.24) is 0 Å². The lowest BCUT2D eigenvalue weighted by atomic mass is 10.0. The summed E-state index contributed by atoms with van der Waals surface area (Å²) in [5.74, 6) is -0.0325. The molecule has 0 radical (unpaired) electrons. The van der Waals surface area contributed by atoms with Gasteiger partial charge in [0.25, 0.3) is 0 Å². The van der Waals surface area contributed by atoms with E-state index >= 15 is 0 Å². The highest BCUT2D eigenvalue weighted by molar-refractivity contribution is 5.69. The Kier molecular flexibility index (Phi) is 35.5. The minimum atomic E-state index is -0.0325. The van der Waals surface area contributed by atoms with E-state index in [2.05, 4.69) is 26.0 Å². The van der Waals surface area contributed by atoms with Gasteiger partial charge in [0.15, 0.2) is 0 Å². The molecular weight excluding hydrogens is 488 g/mol. The lowest BCUT2D eigenvalue weighted by molar-refractivity contribution is -0.143. The highest BCUT2D eigenvalue weighted by Crippen LogP contribution is 2.16. The van der Waals surface area contributed by atoms with Crippen molar-refractivity contribution in [3.8, 4) is 0 Å². The zero-order chi connectivity index (χ0) is 29.0. The first-order valence-electron chi connectivity index (χ1n) is 18.6. The molecule has 0 atom stereocenters. The molecule has 0 aliphatic rings. The van der Waals surface area contributed by atoms with Gasteiger partial charge in [-0.3, -0.25) is 4.79 Å². The number of unbranched alkanes of at least 4 members (excludes halogenated alkanes) is 28. The van der Waals surface area contributed by atoms with Gasteiger partial charge in [-0.05, 0) is 19.3 Å². The third-order valence-corrected chi connectivity index (χ3v) is 8.42. The first kappa shape index (κ1) is 39.2. The lowest BCUT2D eigenvalue weighted by Crippen LogP contribution is -2.05. The van der Waals surface area contributed by atoms with Gasteiger partial charge in [-0.1, -0.05) is 206 Å². The number of carbonyl (C=O) groups is 1. The third-order valence-electron chi connectivity index (χ3n) is 8.42. The fourth-order valence-electron chi connectivity index (χ4n) is 5.61. The minimum Gasteiger partial charge on any atom is -0.466 e. The molecule has 2 nitrogen and oxygen atoms in total. The fraction of sp³-hybridized carbons (Fsp3) is 0.921. The molecule has 0 heterocycles. The van der Waals surface area contributed by atoms with Crippen molar-refractivity contribution in [3.63, 3.8) is 0 Å². The molecule has 238 valence electrons. The summed E-state index contributed by atoms with van der Waals surface area (Å²) < 4.78 is 5.35. The van der Waals surface area contributed by atoms with E-state index < -0.39 is 0 Å². The van der Waals surface area contributed by atoms with Gasteiger partial charge in [-0.25, -0.2) is 0 Å². The van der Waals surface area contributed by atoms with Crippen LogP contribution in [-0.2, 0) is 9.53 Å². The molecule has 0 spiro atoms. The van der Waals surface area contributed by atoms with Gasteiger partial charge in [0.05, 0.1) is 6.61 Å². The van der Waals surface area contributed by atoms with E-state index in [0.717, 1.165) is 19.3 Å². The number of hydrogen-bond donors (Lipinski definition) is 0. The third kappa shape index (κ3) is 35.2. The monoisotopic (exact) mass is 563 g/mol. The van der Waals surface area contributed by atoms with Gasteiger partial charge < -0.3 is 4.74 Å². The van der Waals surface area contributed by atoms with Crippen LogP contribution in [0.15, 0.2) is 12.2 Å². The number of ether oxygens (including phenoxy) is 1. The second-order valence-electron chi connectivity index (χ2n) is 12.6. The molecule has 40 heavy (non-hydrogen) atoms. The number of rotatable bonds is 34. The van der Waals surface area contributed by atoms with Crippen LogP contribution in [-0.4, -0.2) is 12.6 Å². The normalized spacial score (nSPS) is 11.6. The highest BCUT2D eigenvalue weighted by atomic mass is 16.5. The predicted octanol–water partition coefficient (Wildman–Crippen LogP) is 13.6. The maximum absolute atomic E-state index is 11.7. The Balaban J connectivity index is 3.11. The first-order valence-corrected chi connectivity index (χ1v) is 18.6. The van der Waals surface area contributed by atoms with Gasteiger partial charge in [0.1, 0.15) is 0 Å². The maximum atomic E-state index is 11.7. The Bertz CT molecular complexity index is 498. The number of carbonyl (C=O) groups excluding carboxylic acids is 1. The van der Waals surface area contributed by atoms with Crippen LogP contribution in [0, 0.1) is 0 Å².